The fourth-order valence-corrected chi connectivity index (χ4v) is 2.56. The maximum absolute atomic E-state index is 12.4. The molecule has 7 heteroatoms. The van der Waals surface area contributed by atoms with Crippen molar-refractivity contribution in [3.8, 4) is 5.75 Å². The van der Waals surface area contributed by atoms with E-state index >= 15 is 0 Å². The molecule has 1 aromatic heterocycles. The summed E-state index contributed by atoms with van der Waals surface area (Å²) in [6, 6.07) is 5.66. The maximum atomic E-state index is 12.4. The molecule has 6 nitrogen and oxygen atoms in total. The van der Waals surface area contributed by atoms with Gasteiger partial charge in [0.25, 0.3) is 0 Å². The molecular formula is C17H25ClN4O2. The molecule has 0 aliphatic rings. The molecular weight excluding hydrogens is 328 g/mol. The van der Waals surface area contributed by atoms with Crippen molar-refractivity contribution < 1.29 is 9.53 Å². The number of hydrogen-bond donors (Lipinski definition) is 2. The van der Waals surface area contributed by atoms with E-state index in [1.54, 1.807) is 25.0 Å². The average Bonchev–Trinajstić information content (AvgIpc) is 2.94. The van der Waals surface area contributed by atoms with Crippen molar-refractivity contribution in [1.29, 1.82) is 0 Å². The van der Waals surface area contributed by atoms with E-state index in [0.29, 0.717) is 6.54 Å². The average molecular weight is 353 g/mol. The number of carbonyl (C=O) groups excluding carboxylic acids is 1. The van der Waals surface area contributed by atoms with Crippen molar-refractivity contribution in [2.24, 2.45) is 7.05 Å². The van der Waals surface area contributed by atoms with Gasteiger partial charge in [0.1, 0.15) is 11.8 Å². The number of rotatable bonds is 7. The van der Waals surface area contributed by atoms with E-state index in [0.717, 1.165) is 23.3 Å². The van der Waals surface area contributed by atoms with Gasteiger partial charge >= 0.3 is 0 Å². The van der Waals surface area contributed by atoms with Crippen LogP contribution in [0.1, 0.15) is 22.7 Å². The summed E-state index contributed by atoms with van der Waals surface area (Å²) in [6.45, 7) is 2.60. The van der Waals surface area contributed by atoms with Crippen LogP contribution in [0.3, 0.4) is 0 Å². The summed E-state index contributed by atoms with van der Waals surface area (Å²) in [7, 11) is 5.26. The van der Waals surface area contributed by atoms with E-state index in [1.807, 2.05) is 32.3 Å². The van der Waals surface area contributed by atoms with Crippen LogP contribution in [0.5, 0.6) is 5.75 Å². The summed E-state index contributed by atoms with van der Waals surface area (Å²) in [5.74, 6) is 0.786. The zero-order chi connectivity index (χ0) is 16.8. The lowest BCUT2D eigenvalue weighted by atomic mass is 10.1. The van der Waals surface area contributed by atoms with Crippen LogP contribution in [-0.2, 0) is 18.3 Å². The Bertz CT molecular complexity index is 672. The Morgan fingerprint density at radius 1 is 1.42 bits per heavy atom. The third kappa shape index (κ3) is 4.97. The van der Waals surface area contributed by atoms with E-state index in [1.165, 1.54) is 5.56 Å². The van der Waals surface area contributed by atoms with E-state index in [9.17, 15) is 4.79 Å². The van der Waals surface area contributed by atoms with Crippen LogP contribution in [0, 0.1) is 6.92 Å². The molecule has 0 saturated carbocycles. The number of hydrogen-bond acceptors (Lipinski definition) is 4. The second-order valence-corrected chi connectivity index (χ2v) is 5.53. The van der Waals surface area contributed by atoms with Gasteiger partial charge in [0.05, 0.1) is 13.3 Å². The summed E-state index contributed by atoms with van der Waals surface area (Å²) >= 11 is 0. The van der Waals surface area contributed by atoms with Crippen LogP contribution in [0.15, 0.2) is 30.6 Å². The minimum absolute atomic E-state index is 0. The Balaban J connectivity index is 0.00000288. The summed E-state index contributed by atoms with van der Waals surface area (Å²) in [4.78, 5) is 12.4. The first-order chi connectivity index (χ1) is 11.0. The van der Waals surface area contributed by atoms with Gasteiger partial charge in [-0.2, -0.15) is 5.10 Å². The standard InChI is InChI=1S/C17H24N4O2.ClH/c1-12-5-6-15(23-4)13(9-12)7-8-19-17(22)16(18-2)14-10-20-21(3)11-14;/h5-6,9-11,16,18H,7-8H2,1-4H3,(H,19,22);1H. The zero-order valence-corrected chi connectivity index (χ0v) is 15.3. The molecule has 0 spiro atoms. The smallest absolute Gasteiger partial charge is 0.241 e. The molecule has 1 aromatic carbocycles. The van der Waals surface area contributed by atoms with Gasteiger partial charge in [-0.05, 0) is 32.0 Å². The number of methoxy groups -OCH3 is 1. The molecule has 1 amide bonds. The molecule has 2 rings (SSSR count). The minimum atomic E-state index is -0.400. The van der Waals surface area contributed by atoms with Crippen molar-refractivity contribution in [3.63, 3.8) is 0 Å². The SMILES string of the molecule is CNC(C(=O)NCCc1cc(C)ccc1OC)c1cnn(C)c1.Cl. The highest BCUT2D eigenvalue weighted by Gasteiger charge is 2.19. The molecule has 0 aliphatic heterocycles. The van der Waals surface area contributed by atoms with Crippen LogP contribution < -0.4 is 15.4 Å². The molecule has 1 atom stereocenters. The molecule has 24 heavy (non-hydrogen) atoms. The van der Waals surface area contributed by atoms with E-state index in [4.69, 9.17) is 4.74 Å². The molecule has 2 aromatic rings. The number of halogens is 1. The van der Waals surface area contributed by atoms with Gasteiger partial charge in [-0.15, -0.1) is 12.4 Å². The molecule has 1 unspecified atom stereocenters. The monoisotopic (exact) mass is 352 g/mol. The Morgan fingerprint density at radius 3 is 2.75 bits per heavy atom. The Morgan fingerprint density at radius 2 is 2.17 bits per heavy atom. The van der Waals surface area contributed by atoms with Crippen LogP contribution in [-0.4, -0.2) is 36.4 Å². The summed E-state index contributed by atoms with van der Waals surface area (Å²) in [6.07, 6.45) is 4.26. The van der Waals surface area contributed by atoms with Gasteiger partial charge in [0.2, 0.25) is 5.91 Å². The number of ether oxygens (including phenoxy) is 1. The van der Waals surface area contributed by atoms with Gasteiger partial charge in [0, 0.05) is 25.4 Å². The van der Waals surface area contributed by atoms with Crippen molar-refractivity contribution in [2.75, 3.05) is 20.7 Å². The van der Waals surface area contributed by atoms with Crippen LogP contribution >= 0.6 is 12.4 Å². The number of carbonyl (C=O) groups is 1. The maximum Gasteiger partial charge on any atom is 0.241 e. The summed E-state index contributed by atoms with van der Waals surface area (Å²) in [5, 5.41) is 10.1. The lowest BCUT2D eigenvalue weighted by Gasteiger charge is -2.15. The molecule has 0 radical (unpaired) electrons. The summed E-state index contributed by atoms with van der Waals surface area (Å²) < 4.78 is 7.05. The number of benzene rings is 1. The number of amides is 1. The Labute approximate surface area is 149 Å². The molecule has 132 valence electrons. The molecule has 0 bridgehead atoms. The number of nitrogens with zero attached hydrogens (tertiary/aromatic N) is 2. The van der Waals surface area contributed by atoms with Crippen LogP contribution in [0.25, 0.3) is 0 Å². The first kappa shape index (κ1) is 20.0. The van der Waals surface area contributed by atoms with E-state index in [2.05, 4.69) is 21.8 Å². The highest BCUT2D eigenvalue weighted by molar-refractivity contribution is 5.85. The lowest BCUT2D eigenvalue weighted by Crippen LogP contribution is -2.36. The zero-order valence-electron chi connectivity index (χ0n) is 14.5. The first-order valence-corrected chi connectivity index (χ1v) is 7.62. The molecule has 2 N–H and O–H groups in total. The Hall–Kier alpha value is -2.05. The topological polar surface area (TPSA) is 68.2 Å². The van der Waals surface area contributed by atoms with E-state index in [-0.39, 0.29) is 18.3 Å². The molecule has 0 fully saturated rings. The fraction of sp³-hybridized carbons (Fsp3) is 0.412. The van der Waals surface area contributed by atoms with Gasteiger partial charge in [-0.1, -0.05) is 17.7 Å². The van der Waals surface area contributed by atoms with Crippen molar-refractivity contribution in [3.05, 3.63) is 47.3 Å². The van der Waals surface area contributed by atoms with Gasteiger partial charge in [0.15, 0.2) is 0 Å². The van der Waals surface area contributed by atoms with Gasteiger partial charge in [-0.3, -0.25) is 9.48 Å². The molecule has 0 saturated heterocycles. The third-order valence-corrected chi connectivity index (χ3v) is 3.74. The second kappa shape index (κ2) is 9.30. The molecule has 0 aliphatic carbocycles. The quantitative estimate of drug-likeness (QED) is 0.797. The third-order valence-electron chi connectivity index (χ3n) is 3.74. The first-order valence-electron chi connectivity index (χ1n) is 7.62. The van der Waals surface area contributed by atoms with Crippen LogP contribution in [0.2, 0.25) is 0 Å². The second-order valence-electron chi connectivity index (χ2n) is 5.53. The van der Waals surface area contributed by atoms with Crippen molar-refractivity contribution in [2.45, 2.75) is 19.4 Å². The summed E-state index contributed by atoms with van der Waals surface area (Å²) in [5.41, 5.74) is 3.12. The predicted octanol–water partition coefficient (Wildman–Crippen LogP) is 1.78. The van der Waals surface area contributed by atoms with Gasteiger partial charge < -0.3 is 15.4 Å². The predicted molar refractivity (Wildman–Crippen MR) is 96.7 cm³/mol. The molecule has 1 heterocycles. The van der Waals surface area contributed by atoms with E-state index < -0.39 is 6.04 Å². The lowest BCUT2D eigenvalue weighted by molar-refractivity contribution is -0.123. The number of likely N-dealkylation sites (N-methyl/N-ethyl adjacent to an activating group) is 1. The van der Waals surface area contributed by atoms with Crippen LogP contribution in [0.4, 0.5) is 0 Å². The van der Waals surface area contributed by atoms with Crippen molar-refractivity contribution >= 4 is 18.3 Å². The largest absolute Gasteiger partial charge is 0.496 e. The number of aryl methyl sites for hydroxylation is 2. The normalized spacial score (nSPS) is 11.5. The number of nitrogens with one attached hydrogen (secondary N) is 2. The number of aromatic nitrogens is 2. The van der Waals surface area contributed by atoms with Crippen molar-refractivity contribution in [1.82, 2.24) is 20.4 Å². The fourth-order valence-electron chi connectivity index (χ4n) is 2.56. The van der Waals surface area contributed by atoms with Gasteiger partial charge in [-0.25, -0.2) is 0 Å². The minimum Gasteiger partial charge on any atom is -0.496 e. The Kier molecular flexibility index (Phi) is 7.74. The highest BCUT2D eigenvalue weighted by Crippen LogP contribution is 2.20. The highest BCUT2D eigenvalue weighted by atomic mass is 35.5.